The number of nitrogens with two attached hydrogens (primary N) is 1. The van der Waals surface area contributed by atoms with E-state index in [0.29, 0.717) is 10.9 Å². The quantitative estimate of drug-likeness (QED) is 0.802. The van der Waals surface area contributed by atoms with Gasteiger partial charge in [-0.15, -0.1) is 0 Å². The molecule has 0 bridgehead atoms. The summed E-state index contributed by atoms with van der Waals surface area (Å²) in [5.74, 6) is 0.436. The third-order valence-corrected chi connectivity index (χ3v) is 2.81. The van der Waals surface area contributed by atoms with Crippen molar-refractivity contribution in [3.8, 4) is 0 Å². The van der Waals surface area contributed by atoms with E-state index >= 15 is 0 Å². The Morgan fingerprint density at radius 3 is 2.36 bits per heavy atom. The number of thiocarbonyl (C=S) groups is 1. The van der Waals surface area contributed by atoms with Crippen LogP contribution in [0, 0.1) is 5.92 Å². The summed E-state index contributed by atoms with van der Waals surface area (Å²) in [6.45, 7) is 4.18. The van der Waals surface area contributed by atoms with Crippen LogP contribution in [0.25, 0.3) is 0 Å². The van der Waals surface area contributed by atoms with Crippen LogP contribution >= 0.6 is 23.8 Å². The van der Waals surface area contributed by atoms with Crippen molar-refractivity contribution in [2.75, 3.05) is 0 Å². The first kappa shape index (κ1) is 11.5. The Labute approximate surface area is 95.3 Å². The normalized spacial score (nSPS) is 12.9. The summed E-state index contributed by atoms with van der Waals surface area (Å²) in [7, 11) is 0. The predicted molar refractivity (Wildman–Crippen MR) is 65.8 cm³/mol. The minimum Gasteiger partial charge on any atom is -0.393 e. The average molecular weight is 228 g/mol. The topological polar surface area (TPSA) is 26.0 Å². The van der Waals surface area contributed by atoms with Crippen molar-refractivity contribution < 1.29 is 0 Å². The molecule has 14 heavy (non-hydrogen) atoms. The standard InChI is InChI=1S/C11H14ClNS/c1-7(2)10(11(13)14)8-5-3-4-6-9(8)12/h3-7,10H,1-2H3,(H2,13,14). The van der Waals surface area contributed by atoms with Crippen LogP contribution in [0.4, 0.5) is 0 Å². The minimum absolute atomic E-state index is 0.0682. The Bertz CT molecular complexity index is 336. The van der Waals surface area contributed by atoms with E-state index in [9.17, 15) is 0 Å². The third-order valence-electron chi connectivity index (χ3n) is 2.21. The van der Waals surface area contributed by atoms with Crippen LogP contribution in [0.5, 0.6) is 0 Å². The predicted octanol–water partition coefficient (Wildman–Crippen LogP) is 3.37. The summed E-state index contributed by atoms with van der Waals surface area (Å²) in [4.78, 5) is 0.508. The van der Waals surface area contributed by atoms with Crippen LogP contribution in [-0.2, 0) is 0 Å². The summed E-state index contributed by atoms with van der Waals surface area (Å²) in [5.41, 5.74) is 6.74. The average Bonchev–Trinajstić information content (AvgIpc) is 2.07. The Morgan fingerprint density at radius 2 is 1.93 bits per heavy atom. The zero-order chi connectivity index (χ0) is 10.7. The van der Waals surface area contributed by atoms with E-state index in [1.54, 1.807) is 0 Å². The van der Waals surface area contributed by atoms with Gasteiger partial charge in [0.25, 0.3) is 0 Å². The summed E-state index contributed by atoms with van der Waals surface area (Å²) in [6, 6.07) is 7.70. The summed E-state index contributed by atoms with van der Waals surface area (Å²) >= 11 is 11.1. The van der Waals surface area contributed by atoms with Gasteiger partial charge in [-0.25, -0.2) is 0 Å². The van der Waals surface area contributed by atoms with Gasteiger partial charge < -0.3 is 5.73 Å². The minimum atomic E-state index is 0.0682. The summed E-state index contributed by atoms with van der Waals surface area (Å²) in [6.07, 6.45) is 0. The zero-order valence-electron chi connectivity index (χ0n) is 8.33. The van der Waals surface area contributed by atoms with Crippen LogP contribution in [-0.4, -0.2) is 4.99 Å². The van der Waals surface area contributed by atoms with Gasteiger partial charge in [-0.2, -0.15) is 0 Å². The Balaban J connectivity index is 3.12. The molecule has 0 spiro atoms. The van der Waals surface area contributed by atoms with Gasteiger partial charge >= 0.3 is 0 Å². The highest BCUT2D eigenvalue weighted by molar-refractivity contribution is 7.80. The molecule has 1 atom stereocenters. The fraction of sp³-hybridized carbons (Fsp3) is 0.364. The lowest BCUT2D eigenvalue weighted by atomic mass is 9.88. The van der Waals surface area contributed by atoms with E-state index in [-0.39, 0.29) is 5.92 Å². The zero-order valence-corrected chi connectivity index (χ0v) is 9.90. The van der Waals surface area contributed by atoms with Crippen molar-refractivity contribution in [2.24, 2.45) is 11.7 Å². The van der Waals surface area contributed by atoms with Crippen molar-refractivity contribution in [3.63, 3.8) is 0 Å². The highest BCUT2D eigenvalue weighted by Gasteiger charge is 2.20. The van der Waals surface area contributed by atoms with Gasteiger partial charge in [0.1, 0.15) is 0 Å². The number of rotatable bonds is 3. The molecule has 0 aliphatic carbocycles. The molecule has 1 nitrogen and oxygen atoms in total. The third kappa shape index (κ3) is 2.46. The molecule has 76 valence electrons. The highest BCUT2D eigenvalue weighted by atomic mass is 35.5. The molecule has 0 amide bonds. The molecular weight excluding hydrogens is 214 g/mol. The summed E-state index contributed by atoms with van der Waals surface area (Å²) < 4.78 is 0. The lowest BCUT2D eigenvalue weighted by Gasteiger charge is -2.20. The molecule has 0 aliphatic rings. The smallest absolute Gasteiger partial charge is 0.0806 e. The SMILES string of the molecule is CC(C)C(C(N)=S)c1ccccc1Cl. The van der Waals surface area contributed by atoms with Gasteiger partial charge in [0.2, 0.25) is 0 Å². The van der Waals surface area contributed by atoms with Crippen molar-refractivity contribution in [1.29, 1.82) is 0 Å². The molecule has 0 fully saturated rings. The molecule has 1 aromatic rings. The molecule has 1 rings (SSSR count). The van der Waals surface area contributed by atoms with Crippen molar-refractivity contribution in [3.05, 3.63) is 34.9 Å². The van der Waals surface area contributed by atoms with Gasteiger partial charge in [0, 0.05) is 10.9 Å². The highest BCUT2D eigenvalue weighted by Crippen LogP contribution is 2.30. The monoisotopic (exact) mass is 227 g/mol. The second-order valence-electron chi connectivity index (χ2n) is 3.65. The largest absolute Gasteiger partial charge is 0.393 e. The molecule has 1 aromatic carbocycles. The molecule has 2 N–H and O–H groups in total. The van der Waals surface area contributed by atoms with Gasteiger partial charge in [0.15, 0.2) is 0 Å². The van der Waals surface area contributed by atoms with Crippen LogP contribution in [0.3, 0.4) is 0 Å². The van der Waals surface area contributed by atoms with E-state index < -0.39 is 0 Å². The molecule has 0 aliphatic heterocycles. The van der Waals surface area contributed by atoms with Gasteiger partial charge in [-0.05, 0) is 17.5 Å². The molecule has 0 saturated carbocycles. The van der Waals surface area contributed by atoms with Gasteiger partial charge in [-0.1, -0.05) is 55.9 Å². The van der Waals surface area contributed by atoms with E-state index in [2.05, 4.69) is 13.8 Å². The van der Waals surface area contributed by atoms with Crippen LogP contribution in [0.2, 0.25) is 5.02 Å². The number of benzene rings is 1. The van der Waals surface area contributed by atoms with E-state index in [4.69, 9.17) is 29.6 Å². The van der Waals surface area contributed by atoms with E-state index in [1.807, 2.05) is 24.3 Å². The second-order valence-corrected chi connectivity index (χ2v) is 4.52. The Hall–Kier alpha value is -0.600. The van der Waals surface area contributed by atoms with Crippen molar-refractivity contribution in [1.82, 2.24) is 0 Å². The molecule has 0 saturated heterocycles. The Morgan fingerprint density at radius 1 is 1.36 bits per heavy atom. The molecule has 0 heterocycles. The number of hydrogen-bond donors (Lipinski definition) is 1. The van der Waals surface area contributed by atoms with Gasteiger partial charge in [-0.3, -0.25) is 0 Å². The maximum absolute atomic E-state index is 6.09. The van der Waals surface area contributed by atoms with Gasteiger partial charge in [0.05, 0.1) is 4.99 Å². The number of halogens is 1. The maximum Gasteiger partial charge on any atom is 0.0806 e. The van der Waals surface area contributed by atoms with E-state index in [0.717, 1.165) is 10.6 Å². The second kappa shape index (κ2) is 4.76. The van der Waals surface area contributed by atoms with E-state index in [1.165, 1.54) is 0 Å². The van der Waals surface area contributed by atoms with Crippen molar-refractivity contribution >= 4 is 28.8 Å². The molecule has 3 heteroatoms. The first-order valence-corrected chi connectivity index (χ1v) is 5.36. The lowest BCUT2D eigenvalue weighted by molar-refractivity contribution is 0.605. The fourth-order valence-corrected chi connectivity index (χ4v) is 2.22. The molecule has 0 radical (unpaired) electrons. The van der Waals surface area contributed by atoms with Crippen LogP contribution < -0.4 is 5.73 Å². The summed E-state index contributed by atoms with van der Waals surface area (Å²) in [5, 5.41) is 0.735. The molecule has 1 unspecified atom stereocenters. The van der Waals surface area contributed by atoms with Crippen molar-refractivity contribution in [2.45, 2.75) is 19.8 Å². The van der Waals surface area contributed by atoms with Crippen LogP contribution in [0.1, 0.15) is 25.3 Å². The fourth-order valence-electron chi connectivity index (χ4n) is 1.57. The van der Waals surface area contributed by atoms with Crippen LogP contribution in [0.15, 0.2) is 24.3 Å². The molecule has 0 aromatic heterocycles. The lowest BCUT2D eigenvalue weighted by Crippen LogP contribution is -2.23. The first-order chi connectivity index (χ1) is 6.54. The maximum atomic E-state index is 6.09. The number of hydrogen-bond acceptors (Lipinski definition) is 1. The first-order valence-electron chi connectivity index (χ1n) is 4.57. The Kier molecular flexibility index (Phi) is 3.90. The molecular formula is C11H14ClNS.